The van der Waals surface area contributed by atoms with Crippen LogP contribution in [0.3, 0.4) is 0 Å². The molecule has 0 radical (unpaired) electrons. The molecule has 0 aliphatic rings. The van der Waals surface area contributed by atoms with Gasteiger partial charge in [0.1, 0.15) is 0 Å². The zero-order chi connectivity index (χ0) is 11.4. The van der Waals surface area contributed by atoms with Gasteiger partial charge in [-0.2, -0.15) is 5.26 Å². The Kier molecular flexibility index (Phi) is 3.75. The summed E-state index contributed by atoms with van der Waals surface area (Å²) in [5, 5.41) is 8.49. The second-order valence-electron chi connectivity index (χ2n) is 2.73. The third kappa shape index (κ3) is 2.13. The minimum atomic E-state index is -0.683. The van der Waals surface area contributed by atoms with Gasteiger partial charge in [0.25, 0.3) is 0 Å². The number of hydrogen-bond acceptors (Lipinski definition) is 3. The van der Waals surface area contributed by atoms with Gasteiger partial charge in [0, 0.05) is 5.56 Å². The maximum absolute atomic E-state index is 13.4. The molecule has 1 rings (SSSR count). The highest BCUT2D eigenvalue weighted by Crippen LogP contribution is 2.38. The van der Waals surface area contributed by atoms with Gasteiger partial charge in [-0.3, -0.25) is 0 Å². The largest absolute Gasteiger partial charge is 0.492 e. The molecule has 15 heavy (non-hydrogen) atoms. The molecule has 1 aromatic rings. The minimum Gasteiger partial charge on any atom is -0.492 e. The summed E-state index contributed by atoms with van der Waals surface area (Å²) in [4.78, 5) is 0. The topological polar surface area (TPSA) is 42.2 Å². The van der Waals surface area contributed by atoms with E-state index in [9.17, 15) is 4.39 Å². The Balaban J connectivity index is 3.41. The fourth-order valence-electron chi connectivity index (χ4n) is 1.26. The molecule has 3 nitrogen and oxygen atoms in total. The highest BCUT2D eigenvalue weighted by atomic mass is 35.5. The van der Waals surface area contributed by atoms with Gasteiger partial charge in [-0.25, -0.2) is 4.39 Å². The van der Waals surface area contributed by atoms with Crippen molar-refractivity contribution < 1.29 is 13.9 Å². The molecule has 0 atom stereocenters. The van der Waals surface area contributed by atoms with Crippen molar-refractivity contribution in [3.8, 4) is 17.6 Å². The molecule has 0 spiro atoms. The number of hydrogen-bond donors (Lipinski definition) is 0. The molecule has 0 heterocycles. The van der Waals surface area contributed by atoms with Crippen molar-refractivity contribution in [3.05, 3.63) is 22.5 Å². The van der Waals surface area contributed by atoms with Crippen molar-refractivity contribution in [2.75, 3.05) is 14.2 Å². The molecule has 0 aliphatic carbocycles. The first-order valence-corrected chi connectivity index (χ1v) is 4.49. The Labute approximate surface area is 92.0 Å². The molecule has 0 N–H and O–H groups in total. The van der Waals surface area contributed by atoms with Gasteiger partial charge in [0.05, 0.1) is 31.7 Å². The van der Waals surface area contributed by atoms with Gasteiger partial charge in [-0.15, -0.1) is 0 Å². The van der Waals surface area contributed by atoms with E-state index in [0.29, 0.717) is 5.56 Å². The van der Waals surface area contributed by atoms with Crippen molar-refractivity contribution >= 4 is 11.6 Å². The maximum Gasteiger partial charge on any atom is 0.198 e. The Hall–Kier alpha value is -1.47. The van der Waals surface area contributed by atoms with Crippen LogP contribution in [0.1, 0.15) is 5.56 Å². The van der Waals surface area contributed by atoms with Crippen molar-refractivity contribution in [1.82, 2.24) is 0 Å². The van der Waals surface area contributed by atoms with Crippen LogP contribution in [0.25, 0.3) is 0 Å². The number of methoxy groups -OCH3 is 2. The van der Waals surface area contributed by atoms with Crippen LogP contribution in [-0.2, 0) is 6.42 Å². The van der Waals surface area contributed by atoms with Crippen molar-refractivity contribution in [3.63, 3.8) is 0 Å². The zero-order valence-electron chi connectivity index (χ0n) is 8.30. The van der Waals surface area contributed by atoms with Crippen LogP contribution in [0.2, 0.25) is 5.02 Å². The van der Waals surface area contributed by atoms with Crippen molar-refractivity contribution in [2.24, 2.45) is 0 Å². The molecule has 0 saturated carbocycles. The lowest BCUT2D eigenvalue weighted by atomic mass is 10.1. The number of benzene rings is 1. The van der Waals surface area contributed by atoms with E-state index in [1.54, 1.807) is 0 Å². The monoisotopic (exact) mass is 229 g/mol. The lowest BCUT2D eigenvalue weighted by molar-refractivity contribution is 0.335. The molecule has 0 bridgehead atoms. The van der Waals surface area contributed by atoms with Crippen LogP contribution >= 0.6 is 11.6 Å². The fraction of sp³-hybridized carbons (Fsp3) is 0.300. The summed E-state index contributed by atoms with van der Waals surface area (Å²) >= 11 is 5.64. The second-order valence-corrected chi connectivity index (χ2v) is 3.14. The number of nitrogens with zero attached hydrogens (tertiary/aromatic N) is 1. The lowest BCUT2D eigenvalue weighted by Crippen LogP contribution is -1.99. The van der Waals surface area contributed by atoms with E-state index in [-0.39, 0.29) is 22.9 Å². The van der Waals surface area contributed by atoms with Crippen LogP contribution in [-0.4, -0.2) is 14.2 Å². The SMILES string of the molecule is COc1c(CC#N)cc(Cl)c(F)c1OC. The fourth-order valence-corrected chi connectivity index (χ4v) is 1.48. The summed E-state index contributed by atoms with van der Waals surface area (Å²) in [5.74, 6) is -0.547. The molecule has 0 aliphatic heterocycles. The second kappa shape index (κ2) is 4.85. The zero-order valence-corrected chi connectivity index (χ0v) is 9.06. The van der Waals surface area contributed by atoms with E-state index >= 15 is 0 Å². The van der Waals surface area contributed by atoms with E-state index in [4.69, 9.17) is 26.3 Å². The number of nitriles is 1. The van der Waals surface area contributed by atoms with E-state index < -0.39 is 5.82 Å². The standard InChI is InChI=1S/C10H9ClFNO2/c1-14-9-6(3-4-13)5-7(11)8(12)10(9)15-2/h5H,3H2,1-2H3. The Morgan fingerprint density at radius 3 is 2.47 bits per heavy atom. The predicted octanol–water partition coefficient (Wildman–Crippen LogP) is 2.56. The van der Waals surface area contributed by atoms with E-state index in [2.05, 4.69) is 0 Å². The molecule has 80 valence electrons. The maximum atomic E-state index is 13.4. The van der Waals surface area contributed by atoms with E-state index in [1.807, 2.05) is 6.07 Å². The molecule has 5 heteroatoms. The van der Waals surface area contributed by atoms with Crippen molar-refractivity contribution in [2.45, 2.75) is 6.42 Å². The van der Waals surface area contributed by atoms with Crippen LogP contribution in [0.5, 0.6) is 11.5 Å². The summed E-state index contributed by atoms with van der Waals surface area (Å²) in [5.41, 5.74) is 0.503. The molecular formula is C10H9ClFNO2. The molecule has 0 aromatic heterocycles. The lowest BCUT2D eigenvalue weighted by Gasteiger charge is -2.12. The predicted molar refractivity (Wildman–Crippen MR) is 53.8 cm³/mol. The third-order valence-electron chi connectivity index (χ3n) is 1.89. The number of rotatable bonds is 3. The smallest absolute Gasteiger partial charge is 0.198 e. The first-order chi connectivity index (χ1) is 7.15. The first kappa shape index (κ1) is 11.6. The summed E-state index contributed by atoms with van der Waals surface area (Å²) < 4.78 is 23.3. The van der Waals surface area contributed by atoms with Crippen molar-refractivity contribution in [1.29, 1.82) is 5.26 Å². The van der Waals surface area contributed by atoms with Gasteiger partial charge in [0.15, 0.2) is 17.3 Å². The quantitative estimate of drug-likeness (QED) is 0.800. The van der Waals surface area contributed by atoms with E-state index in [1.165, 1.54) is 20.3 Å². The minimum absolute atomic E-state index is 0.0738. The first-order valence-electron chi connectivity index (χ1n) is 4.11. The highest BCUT2D eigenvalue weighted by molar-refractivity contribution is 6.31. The molecule has 0 amide bonds. The van der Waals surface area contributed by atoms with Gasteiger partial charge < -0.3 is 9.47 Å². The Morgan fingerprint density at radius 2 is 2.00 bits per heavy atom. The molecule has 0 unspecified atom stereocenters. The molecule has 0 saturated heterocycles. The number of ether oxygens (including phenoxy) is 2. The summed E-state index contributed by atoms with van der Waals surface area (Å²) in [6.07, 6.45) is 0.0829. The summed E-state index contributed by atoms with van der Waals surface area (Å²) in [6, 6.07) is 3.30. The van der Waals surface area contributed by atoms with Crippen LogP contribution in [0.4, 0.5) is 4.39 Å². The van der Waals surface area contributed by atoms with Crippen LogP contribution < -0.4 is 9.47 Å². The van der Waals surface area contributed by atoms with Crippen LogP contribution in [0, 0.1) is 17.1 Å². The average molecular weight is 230 g/mol. The molecule has 0 fully saturated rings. The summed E-state index contributed by atoms with van der Waals surface area (Å²) in [7, 11) is 2.69. The Morgan fingerprint density at radius 1 is 1.40 bits per heavy atom. The normalized spacial score (nSPS) is 9.53. The summed E-state index contributed by atoms with van der Waals surface area (Å²) in [6.45, 7) is 0. The van der Waals surface area contributed by atoms with Gasteiger partial charge >= 0.3 is 0 Å². The Bertz CT molecular complexity index is 415. The highest BCUT2D eigenvalue weighted by Gasteiger charge is 2.18. The van der Waals surface area contributed by atoms with Crippen LogP contribution in [0.15, 0.2) is 6.07 Å². The third-order valence-corrected chi connectivity index (χ3v) is 2.16. The average Bonchev–Trinajstić information content (AvgIpc) is 2.23. The molecular weight excluding hydrogens is 221 g/mol. The van der Waals surface area contributed by atoms with Gasteiger partial charge in [-0.05, 0) is 6.07 Å². The van der Waals surface area contributed by atoms with Gasteiger partial charge in [0.2, 0.25) is 0 Å². The molecule has 1 aromatic carbocycles. The number of halogens is 2. The van der Waals surface area contributed by atoms with Gasteiger partial charge in [-0.1, -0.05) is 11.6 Å². The van der Waals surface area contributed by atoms with E-state index in [0.717, 1.165) is 0 Å².